The van der Waals surface area contributed by atoms with E-state index in [0.717, 1.165) is 20.8 Å². The second-order valence-electron chi connectivity index (χ2n) is 2.34. The monoisotopic (exact) mass is 178 g/mol. The fourth-order valence-electron chi connectivity index (χ4n) is 0.470. The summed E-state index contributed by atoms with van der Waals surface area (Å²) in [7, 11) is 0. The first kappa shape index (κ1) is 10.9. The van der Waals surface area contributed by atoms with Crippen molar-refractivity contribution >= 4 is 5.78 Å². The zero-order valence-electron chi connectivity index (χ0n) is 7.04. The molecule has 0 heterocycles. The van der Waals surface area contributed by atoms with Crippen LogP contribution in [-0.2, 0) is 4.79 Å². The summed E-state index contributed by atoms with van der Waals surface area (Å²) in [5.74, 6) is -4.93. The Morgan fingerprint density at radius 2 is 1.33 bits per heavy atom. The Labute approximate surface area is 68.6 Å². The first-order valence-corrected chi connectivity index (χ1v) is 3.27. The standard InChI is InChI=1S/C8H9F3O/c1-4(6(3)12)7(10)8(11)5(2)9/h1-3H3. The molecule has 0 aliphatic carbocycles. The Hall–Kier alpha value is -1.06. The highest BCUT2D eigenvalue weighted by Gasteiger charge is 2.13. The van der Waals surface area contributed by atoms with Gasteiger partial charge in [-0.3, -0.25) is 4.79 Å². The normalized spacial score (nSPS) is 15.2. The molecule has 0 amide bonds. The van der Waals surface area contributed by atoms with Crippen molar-refractivity contribution < 1.29 is 18.0 Å². The number of Topliss-reactive ketones (excluding diaryl/α,β-unsaturated/α-hetero) is 1. The molecule has 0 N–H and O–H groups in total. The highest BCUT2D eigenvalue weighted by molar-refractivity contribution is 5.93. The van der Waals surface area contributed by atoms with Crippen LogP contribution < -0.4 is 0 Å². The molecule has 0 saturated heterocycles. The van der Waals surface area contributed by atoms with E-state index in [0.29, 0.717) is 0 Å². The van der Waals surface area contributed by atoms with Crippen molar-refractivity contribution in [1.29, 1.82) is 0 Å². The molecular formula is C8H9F3O. The van der Waals surface area contributed by atoms with Gasteiger partial charge in [0.05, 0.1) is 0 Å². The molecule has 0 spiro atoms. The van der Waals surface area contributed by atoms with Gasteiger partial charge in [0.2, 0.25) is 0 Å². The van der Waals surface area contributed by atoms with Crippen LogP contribution in [-0.4, -0.2) is 5.78 Å². The van der Waals surface area contributed by atoms with Crippen LogP contribution in [0.4, 0.5) is 13.2 Å². The maximum Gasteiger partial charge on any atom is 0.190 e. The van der Waals surface area contributed by atoms with Gasteiger partial charge in [0.1, 0.15) is 5.83 Å². The zero-order chi connectivity index (χ0) is 9.89. The van der Waals surface area contributed by atoms with Gasteiger partial charge in [-0.25, -0.2) is 13.2 Å². The number of hydrogen-bond donors (Lipinski definition) is 0. The molecular weight excluding hydrogens is 169 g/mol. The van der Waals surface area contributed by atoms with Crippen molar-refractivity contribution in [2.24, 2.45) is 0 Å². The second-order valence-corrected chi connectivity index (χ2v) is 2.34. The third-order valence-electron chi connectivity index (χ3n) is 1.35. The highest BCUT2D eigenvalue weighted by Crippen LogP contribution is 2.22. The van der Waals surface area contributed by atoms with Crippen LogP contribution in [0.25, 0.3) is 0 Å². The van der Waals surface area contributed by atoms with Crippen molar-refractivity contribution in [2.45, 2.75) is 20.8 Å². The Balaban J connectivity index is 5.06. The Morgan fingerprint density at radius 1 is 0.917 bits per heavy atom. The molecule has 0 radical (unpaired) electrons. The number of allylic oxidation sites excluding steroid dienone is 4. The Morgan fingerprint density at radius 3 is 1.58 bits per heavy atom. The zero-order valence-corrected chi connectivity index (χ0v) is 7.04. The third-order valence-corrected chi connectivity index (χ3v) is 1.35. The number of ketones is 1. The Kier molecular flexibility index (Phi) is 3.73. The predicted octanol–water partition coefficient (Wildman–Crippen LogP) is 2.99. The van der Waals surface area contributed by atoms with Crippen LogP contribution in [0.1, 0.15) is 20.8 Å². The molecule has 0 bridgehead atoms. The van der Waals surface area contributed by atoms with Crippen molar-refractivity contribution in [3.05, 3.63) is 23.1 Å². The number of halogens is 3. The van der Waals surface area contributed by atoms with Gasteiger partial charge in [-0.15, -0.1) is 0 Å². The SMILES string of the molecule is CC(=O)C(C)=C(F)C(F)=C(C)F. The van der Waals surface area contributed by atoms with Gasteiger partial charge in [0.25, 0.3) is 0 Å². The smallest absolute Gasteiger partial charge is 0.190 e. The lowest BCUT2D eigenvalue weighted by Gasteiger charge is -1.97. The topological polar surface area (TPSA) is 17.1 Å². The van der Waals surface area contributed by atoms with E-state index >= 15 is 0 Å². The number of rotatable bonds is 2. The third kappa shape index (κ3) is 2.53. The van der Waals surface area contributed by atoms with E-state index in [-0.39, 0.29) is 0 Å². The van der Waals surface area contributed by atoms with Gasteiger partial charge in [-0.1, -0.05) is 0 Å². The predicted molar refractivity (Wildman–Crippen MR) is 39.4 cm³/mol. The van der Waals surface area contributed by atoms with Crippen LogP contribution in [0, 0.1) is 0 Å². The minimum absolute atomic E-state index is 0.412. The molecule has 0 aliphatic rings. The van der Waals surface area contributed by atoms with Crippen LogP contribution in [0.5, 0.6) is 0 Å². The molecule has 1 nitrogen and oxygen atoms in total. The molecule has 0 aliphatic heterocycles. The molecule has 0 unspecified atom stereocenters. The fraction of sp³-hybridized carbons (Fsp3) is 0.375. The maximum absolute atomic E-state index is 12.7. The average molecular weight is 178 g/mol. The minimum Gasteiger partial charge on any atom is -0.295 e. The van der Waals surface area contributed by atoms with E-state index in [1.807, 2.05) is 0 Å². The average Bonchev–Trinajstić information content (AvgIpc) is 2.00. The molecule has 0 fully saturated rings. The lowest BCUT2D eigenvalue weighted by Crippen LogP contribution is -1.95. The molecule has 0 aromatic carbocycles. The van der Waals surface area contributed by atoms with Crippen LogP contribution in [0.2, 0.25) is 0 Å². The van der Waals surface area contributed by atoms with Crippen molar-refractivity contribution in [1.82, 2.24) is 0 Å². The van der Waals surface area contributed by atoms with E-state index in [1.165, 1.54) is 0 Å². The van der Waals surface area contributed by atoms with Crippen LogP contribution in [0.3, 0.4) is 0 Å². The van der Waals surface area contributed by atoms with Crippen molar-refractivity contribution in [3.8, 4) is 0 Å². The molecule has 68 valence electrons. The van der Waals surface area contributed by atoms with Crippen molar-refractivity contribution in [2.75, 3.05) is 0 Å². The second kappa shape index (κ2) is 4.09. The molecule has 0 aromatic heterocycles. The van der Waals surface area contributed by atoms with Gasteiger partial charge < -0.3 is 0 Å². The Bertz CT molecular complexity index is 259. The lowest BCUT2D eigenvalue weighted by atomic mass is 10.2. The van der Waals surface area contributed by atoms with E-state index in [9.17, 15) is 18.0 Å². The van der Waals surface area contributed by atoms with E-state index in [1.54, 1.807) is 0 Å². The largest absolute Gasteiger partial charge is 0.295 e. The van der Waals surface area contributed by atoms with E-state index in [4.69, 9.17) is 0 Å². The van der Waals surface area contributed by atoms with Gasteiger partial charge in [0, 0.05) is 5.57 Å². The number of hydrogen-bond acceptors (Lipinski definition) is 1. The summed E-state index contributed by atoms with van der Waals surface area (Å²) in [5, 5.41) is 0. The van der Waals surface area contributed by atoms with Crippen LogP contribution in [0.15, 0.2) is 23.1 Å². The summed E-state index contributed by atoms with van der Waals surface area (Å²) >= 11 is 0. The maximum atomic E-state index is 12.7. The molecule has 0 saturated carbocycles. The summed E-state index contributed by atoms with van der Waals surface area (Å²) in [4.78, 5) is 10.5. The quantitative estimate of drug-likeness (QED) is 0.469. The summed E-state index contributed by atoms with van der Waals surface area (Å²) in [5.41, 5.74) is -0.412. The summed E-state index contributed by atoms with van der Waals surface area (Å²) in [6.07, 6.45) is 0. The summed E-state index contributed by atoms with van der Waals surface area (Å²) in [6.45, 7) is 2.96. The van der Waals surface area contributed by atoms with Gasteiger partial charge >= 0.3 is 0 Å². The van der Waals surface area contributed by atoms with Gasteiger partial charge in [-0.05, 0) is 20.8 Å². The van der Waals surface area contributed by atoms with Crippen molar-refractivity contribution in [3.63, 3.8) is 0 Å². The van der Waals surface area contributed by atoms with Gasteiger partial charge in [0.15, 0.2) is 17.4 Å². The number of carbonyl (C=O) groups is 1. The summed E-state index contributed by atoms with van der Waals surface area (Å²) < 4.78 is 37.2. The molecule has 0 atom stereocenters. The lowest BCUT2D eigenvalue weighted by molar-refractivity contribution is -0.113. The molecule has 0 aromatic rings. The van der Waals surface area contributed by atoms with E-state index < -0.39 is 28.8 Å². The number of carbonyl (C=O) groups excluding carboxylic acids is 1. The van der Waals surface area contributed by atoms with E-state index in [2.05, 4.69) is 0 Å². The van der Waals surface area contributed by atoms with Gasteiger partial charge in [-0.2, -0.15) is 0 Å². The molecule has 4 heteroatoms. The molecule has 0 rings (SSSR count). The highest BCUT2D eigenvalue weighted by atomic mass is 19.2. The minimum atomic E-state index is -1.61. The van der Waals surface area contributed by atoms with Crippen LogP contribution >= 0.6 is 0 Å². The fourth-order valence-corrected chi connectivity index (χ4v) is 0.470. The molecule has 12 heavy (non-hydrogen) atoms. The first-order chi connectivity index (χ1) is 5.37. The summed E-state index contributed by atoms with van der Waals surface area (Å²) in [6, 6.07) is 0. The first-order valence-electron chi connectivity index (χ1n) is 3.27.